The first-order valence-corrected chi connectivity index (χ1v) is 10.5. The van der Waals surface area contributed by atoms with Crippen molar-refractivity contribution in [1.82, 2.24) is 4.90 Å². The molecule has 3 aromatic carbocycles. The van der Waals surface area contributed by atoms with E-state index >= 15 is 0 Å². The number of rotatable bonds is 6. The number of halogens is 2. The van der Waals surface area contributed by atoms with Crippen LogP contribution in [0.5, 0.6) is 0 Å². The van der Waals surface area contributed by atoms with E-state index in [4.69, 9.17) is 0 Å². The van der Waals surface area contributed by atoms with Gasteiger partial charge in [-0.05, 0) is 47.4 Å². The number of carbonyl (C=O) groups excluding carboxylic acids is 1. The molecule has 33 heavy (non-hydrogen) atoms. The molecule has 7 heteroatoms. The lowest BCUT2D eigenvalue weighted by Gasteiger charge is -2.30. The molecule has 1 amide bonds. The monoisotopic (exact) mass is 448 g/mol. The summed E-state index contributed by atoms with van der Waals surface area (Å²) >= 11 is 0. The van der Waals surface area contributed by atoms with E-state index in [1.165, 1.54) is 6.07 Å². The standard InChI is InChI=1S/C26H22F2N2O3/c27-22-7-4-8-23(28)24(22)25(31)29-19-11-9-18(10-12-19)21-16-30(14-13-20(21)26(32)33)15-17-5-2-1-3-6-17/h1-12H,13-16H2,(H,29,31)(H,32,33). The number of nitrogens with one attached hydrogen (secondary N) is 1. The van der Waals surface area contributed by atoms with E-state index in [1.807, 2.05) is 30.3 Å². The Labute approximate surface area is 190 Å². The second kappa shape index (κ2) is 9.75. The summed E-state index contributed by atoms with van der Waals surface area (Å²) < 4.78 is 27.7. The average molecular weight is 448 g/mol. The van der Waals surface area contributed by atoms with Crippen molar-refractivity contribution in [2.24, 2.45) is 0 Å². The number of hydrogen-bond donors (Lipinski definition) is 2. The Morgan fingerprint density at radius 2 is 1.58 bits per heavy atom. The highest BCUT2D eigenvalue weighted by atomic mass is 19.1. The Bertz CT molecular complexity index is 1190. The lowest BCUT2D eigenvalue weighted by molar-refractivity contribution is -0.132. The van der Waals surface area contributed by atoms with Gasteiger partial charge in [0.1, 0.15) is 17.2 Å². The molecule has 1 aliphatic heterocycles. The summed E-state index contributed by atoms with van der Waals surface area (Å²) in [6, 6.07) is 19.8. The SMILES string of the molecule is O=C(O)C1=C(c2ccc(NC(=O)c3c(F)cccc3F)cc2)CN(Cc2ccccc2)CC1. The Morgan fingerprint density at radius 1 is 0.909 bits per heavy atom. The topological polar surface area (TPSA) is 69.6 Å². The van der Waals surface area contributed by atoms with Crippen molar-refractivity contribution in [1.29, 1.82) is 0 Å². The molecule has 0 saturated carbocycles. The highest BCUT2D eigenvalue weighted by Crippen LogP contribution is 2.29. The highest BCUT2D eigenvalue weighted by molar-refractivity contribution is 6.04. The quantitative estimate of drug-likeness (QED) is 0.559. The first-order chi connectivity index (χ1) is 15.9. The van der Waals surface area contributed by atoms with Crippen molar-refractivity contribution in [2.75, 3.05) is 18.4 Å². The van der Waals surface area contributed by atoms with Gasteiger partial charge in [-0.15, -0.1) is 0 Å². The summed E-state index contributed by atoms with van der Waals surface area (Å²) in [5.74, 6) is -3.73. The number of hydrogen-bond acceptors (Lipinski definition) is 3. The molecule has 0 fully saturated rings. The smallest absolute Gasteiger partial charge is 0.331 e. The fourth-order valence-corrected chi connectivity index (χ4v) is 3.96. The molecule has 4 rings (SSSR count). The minimum Gasteiger partial charge on any atom is -0.478 e. The Balaban J connectivity index is 1.53. The normalized spacial score (nSPS) is 14.2. The first kappa shape index (κ1) is 22.4. The molecule has 0 bridgehead atoms. The van der Waals surface area contributed by atoms with Gasteiger partial charge in [0.25, 0.3) is 5.91 Å². The molecule has 0 radical (unpaired) electrons. The molecule has 0 spiro atoms. The van der Waals surface area contributed by atoms with Crippen molar-refractivity contribution >= 4 is 23.1 Å². The van der Waals surface area contributed by atoms with Crippen LogP contribution in [0.25, 0.3) is 5.57 Å². The third-order valence-electron chi connectivity index (χ3n) is 5.61. The molecule has 1 heterocycles. The number of amides is 1. The second-order valence-corrected chi connectivity index (χ2v) is 7.84. The maximum atomic E-state index is 13.9. The van der Waals surface area contributed by atoms with E-state index in [0.29, 0.717) is 42.9 Å². The maximum Gasteiger partial charge on any atom is 0.331 e. The minimum atomic E-state index is -0.947. The van der Waals surface area contributed by atoms with Gasteiger partial charge in [-0.2, -0.15) is 0 Å². The Hall–Kier alpha value is -3.84. The molecule has 0 aliphatic carbocycles. The number of anilines is 1. The third kappa shape index (κ3) is 5.15. The van der Waals surface area contributed by atoms with Gasteiger partial charge in [0, 0.05) is 30.9 Å². The van der Waals surface area contributed by atoms with E-state index in [9.17, 15) is 23.5 Å². The van der Waals surface area contributed by atoms with E-state index in [-0.39, 0.29) is 0 Å². The summed E-state index contributed by atoms with van der Waals surface area (Å²) in [7, 11) is 0. The molecular formula is C26H22F2N2O3. The minimum absolute atomic E-state index is 0.348. The van der Waals surface area contributed by atoms with Gasteiger partial charge in [-0.25, -0.2) is 13.6 Å². The fraction of sp³-hybridized carbons (Fsp3) is 0.154. The number of carbonyl (C=O) groups is 2. The predicted molar refractivity (Wildman–Crippen MR) is 122 cm³/mol. The fourth-order valence-electron chi connectivity index (χ4n) is 3.96. The van der Waals surface area contributed by atoms with Gasteiger partial charge in [0.15, 0.2) is 0 Å². The Kier molecular flexibility index (Phi) is 6.60. The van der Waals surface area contributed by atoms with Crippen LogP contribution in [0.3, 0.4) is 0 Å². The molecular weight excluding hydrogens is 426 g/mol. The largest absolute Gasteiger partial charge is 0.478 e. The zero-order chi connectivity index (χ0) is 23.4. The summed E-state index contributed by atoms with van der Waals surface area (Å²) in [5.41, 5.74) is 2.64. The number of aliphatic carboxylic acids is 1. The van der Waals surface area contributed by atoms with E-state index in [2.05, 4.69) is 10.2 Å². The van der Waals surface area contributed by atoms with Crippen LogP contribution in [0.2, 0.25) is 0 Å². The van der Waals surface area contributed by atoms with Gasteiger partial charge in [0.2, 0.25) is 0 Å². The molecule has 168 valence electrons. The van der Waals surface area contributed by atoms with E-state index in [1.54, 1.807) is 24.3 Å². The van der Waals surface area contributed by atoms with Gasteiger partial charge in [-0.1, -0.05) is 48.5 Å². The van der Waals surface area contributed by atoms with Crippen LogP contribution in [0.1, 0.15) is 27.9 Å². The summed E-state index contributed by atoms with van der Waals surface area (Å²) in [6.45, 7) is 1.82. The molecule has 0 unspecified atom stereocenters. The van der Waals surface area contributed by atoms with Crippen molar-refractivity contribution in [2.45, 2.75) is 13.0 Å². The number of nitrogens with zero attached hydrogens (tertiary/aromatic N) is 1. The molecule has 3 aromatic rings. The van der Waals surface area contributed by atoms with Crippen molar-refractivity contribution in [3.63, 3.8) is 0 Å². The third-order valence-corrected chi connectivity index (χ3v) is 5.61. The predicted octanol–water partition coefficient (Wildman–Crippen LogP) is 4.96. The molecule has 1 aliphatic rings. The Morgan fingerprint density at radius 3 is 2.21 bits per heavy atom. The molecule has 2 N–H and O–H groups in total. The lowest BCUT2D eigenvalue weighted by atomic mass is 9.93. The summed E-state index contributed by atoms with van der Waals surface area (Å²) in [6.07, 6.45) is 0.419. The lowest BCUT2D eigenvalue weighted by Crippen LogP contribution is -2.32. The van der Waals surface area contributed by atoms with Crippen molar-refractivity contribution < 1.29 is 23.5 Å². The van der Waals surface area contributed by atoms with Crippen LogP contribution in [0.15, 0.2) is 78.4 Å². The zero-order valence-electron chi connectivity index (χ0n) is 17.7. The van der Waals surface area contributed by atoms with Gasteiger partial charge >= 0.3 is 5.97 Å². The van der Waals surface area contributed by atoms with Crippen LogP contribution < -0.4 is 5.32 Å². The molecule has 0 aromatic heterocycles. The van der Waals surface area contributed by atoms with Gasteiger partial charge in [-0.3, -0.25) is 9.69 Å². The second-order valence-electron chi connectivity index (χ2n) is 7.84. The van der Waals surface area contributed by atoms with E-state index < -0.39 is 29.1 Å². The summed E-state index contributed by atoms with van der Waals surface area (Å²) in [5, 5.41) is 12.2. The van der Waals surface area contributed by atoms with Crippen molar-refractivity contribution in [3.8, 4) is 0 Å². The average Bonchev–Trinajstić information content (AvgIpc) is 2.80. The van der Waals surface area contributed by atoms with E-state index in [0.717, 1.165) is 23.3 Å². The zero-order valence-corrected chi connectivity index (χ0v) is 17.7. The van der Waals surface area contributed by atoms with Crippen LogP contribution in [-0.2, 0) is 11.3 Å². The number of carboxylic acid groups (broad SMARTS) is 1. The van der Waals surface area contributed by atoms with Crippen LogP contribution in [0.4, 0.5) is 14.5 Å². The highest BCUT2D eigenvalue weighted by Gasteiger charge is 2.24. The number of benzene rings is 3. The van der Waals surface area contributed by atoms with Gasteiger partial charge < -0.3 is 10.4 Å². The van der Waals surface area contributed by atoms with Crippen molar-refractivity contribution in [3.05, 3.63) is 107 Å². The molecule has 5 nitrogen and oxygen atoms in total. The first-order valence-electron chi connectivity index (χ1n) is 10.5. The summed E-state index contributed by atoms with van der Waals surface area (Å²) in [4.78, 5) is 26.3. The van der Waals surface area contributed by atoms with Gasteiger partial charge in [0.05, 0.1) is 0 Å². The maximum absolute atomic E-state index is 13.9. The number of carboxylic acids is 1. The van der Waals surface area contributed by atoms with Crippen LogP contribution in [-0.4, -0.2) is 35.0 Å². The van der Waals surface area contributed by atoms with Crippen LogP contribution in [0, 0.1) is 11.6 Å². The molecule has 0 saturated heterocycles. The molecule has 0 atom stereocenters. The van der Waals surface area contributed by atoms with Crippen LogP contribution >= 0.6 is 0 Å².